The van der Waals surface area contributed by atoms with Crippen LogP contribution in [0.2, 0.25) is 0 Å². The summed E-state index contributed by atoms with van der Waals surface area (Å²) in [5, 5.41) is 0. The monoisotopic (exact) mass is 418 g/mol. The maximum atomic E-state index is 16.2. The van der Waals surface area contributed by atoms with Gasteiger partial charge in [-0.1, -0.05) is 47.0 Å². The SMILES string of the molecule is Cc1ccc(Oc2cc(C(N)=O)c(-c3cc(C)cc(C)c3)c(F)c2N2CCCC2)cc1. The Balaban J connectivity index is 1.94. The molecule has 0 unspecified atom stereocenters. The van der Waals surface area contributed by atoms with Crippen LogP contribution in [0.25, 0.3) is 11.1 Å². The highest BCUT2D eigenvalue weighted by Gasteiger charge is 2.28. The van der Waals surface area contributed by atoms with E-state index in [-0.39, 0.29) is 11.1 Å². The number of carbonyl (C=O) groups is 1. The van der Waals surface area contributed by atoms with Gasteiger partial charge in [0.1, 0.15) is 11.4 Å². The number of hydrogen-bond donors (Lipinski definition) is 1. The standard InChI is InChI=1S/C26H27FN2O2/c1-16-6-8-20(9-7-16)31-22-15-21(26(28)30)23(19-13-17(2)12-18(3)14-19)24(27)25(22)29-10-4-5-11-29/h6-9,12-15H,4-5,10-11H2,1-3H3,(H2,28,30). The third kappa shape index (κ3) is 4.26. The Labute approximate surface area is 182 Å². The number of hydrogen-bond acceptors (Lipinski definition) is 3. The van der Waals surface area contributed by atoms with Gasteiger partial charge in [0.15, 0.2) is 11.6 Å². The van der Waals surface area contributed by atoms with E-state index in [1.54, 1.807) is 6.07 Å². The first-order valence-electron chi connectivity index (χ1n) is 10.6. The van der Waals surface area contributed by atoms with Crippen LogP contribution < -0.4 is 15.4 Å². The van der Waals surface area contributed by atoms with Gasteiger partial charge < -0.3 is 15.4 Å². The molecule has 31 heavy (non-hydrogen) atoms. The molecule has 0 bridgehead atoms. The van der Waals surface area contributed by atoms with Crippen LogP contribution in [-0.4, -0.2) is 19.0 Å². The van der Waals surface area contributed by atoms with Crippen molar-refractivity contribution in [3.63, 3.8) is 0 Å². The van der Waals surface area contributed by atoms with E-state index < -0.39 is 11.7 Å². The molecule has 0 aliphatic carbocycles. The van der Waals surface area contributed by atoms with Crippen LogP contribution in [0.15, 0.2) is 48.5 Å². The number of benzene rings is 3. The number of anilines is 1. The zero-order valence-electron chi connectivity index (χ0n) is 18.2. The minimum absolute atomic E-state index is 0.118. The predicted molar refractivity (Wildman–Crippen MR) is 123 cm³/mol. The van der Waals surface area contributed by atoms with Crippen LogP contribution in [0.3, 0.4) is 0 Å². The molecule has 0 aromatic heterocycles. The van der Waals surface area contributed by atoms with E-state index in [9.17, 15) is 4.79 Å². The smallest absolute Gasteiger partial charge is 0.249 e. The number of primary amides is 1. The highest BCUT2D eigenvalue weighted by molar-refractivity contribution is 6.02. The van der Waals surface area contributed by atoms with Crippen molar-refractivity contribution in [2.24, 2.45) is 5.73 Å². The highest BCUT2D eigenvalue weighted by Crippen LogP contribution is 2.43. The summed E-state index contributed by atoms with van der Waals surface area (Å²) in [5.41, 5.74) is 10.2. The number of amides is 1. The van der Waals surface area contributed by atoms with Crippen molar-refractivity contribution in [3.05, 3.63) is 76.6 Å². The first kappa shape index (κ1) is 20.9. The summed E-state index contributed by atoms with van der Waals surface area (Å²) in [6.45, 7) is 7.37. The lowest BCUT2D eigenvalue weighted by Crippen LogP contribution is -2.22. The van der Waals surface area contributed by atoms with Gasteiger partial charge >= 0.3 is 0 Å². The van der Waals surface area contributed by atoms with Gasteiger partial charge in [0.05, 0.1) is 5.56 Å². The number of halogens is 1. The molecule has 1 saturated heterocycles. The first-order valence-corrected chi connectivity index (χ1v) is 10.6. The van der Waals surface area contributed by atoms with Crippen LogP contribution in [0.1, 0.15) is 39.9 Å². The lowest BCUT2D eigenvalue weighted by atomic mass is 9.94. The summed E-state index contributed by atoms with van der Waals surface area (Å²) in [5.74, 6) is -0.259. The van der Waals surface area contributed by atoms with Crippen LogP contribution in [0.4, 0.5) is 10.1 Å². The van der Waals surface area contributed by atoms with Crippen LogP contribution >= 0.6 is 0 Å². The molecule has 0 spiro atoms. The van der Waals surface area contributed by atoms with E-state index in [1.165, 1.54) is 0 Å². The van der Waals surface area contributed by atoms with Gasteiger partial charge in [-0.3, -0.25) is 4.79 Å². The average molecular weight is 419 g/mol. The molecule has 2 N–H and O–H groups in total. The summed E-state index contributed by atoms with van der Waals surface area (Å²) in [4.78, 5) is 14.4. The molecule has 4 nitrogen and oxygen atoms in total. The van der Waals surface area contributed by atoms with Crippen molar-refractivity contribution in [1.82, 2.24) is 0 Å². The van der Waals surface area contributed by atoms with Crippen molar-refractivity contribution in [2.75, 3.05) is 18.0 Å². The Kier molecular flexibility index (Phi) is 5.68. The molecule has 5 heteroatoms. The Morgan fingerprint density at radius 3 is 2.13 bits per heavy atom. The van der Waals surface area contributed by atoms with Gasteiger partial charge in [0.2, 0.25) is 5.91 Å². The number of ether oxygens (including phenoxy) is 1. The third-order valence-electron chi connectivity index (χ3n) is 5.65. The quantitative estimate of drug-likeness (QED) is 0.560. The van der Waals surface area contributed by atoms with Crippen LogP contribution in [0, 0.1) is 26.6 Å². The molecule has 4 rings (SSSR count). The average Bonchev–Trinajstić information content (AvgIpc) is 3.22. The molecular formula is C26H27FN2O2. The number of nitrogens with two attached hydrogens (primary N) is 1. The fourth-order valence-corrected chi connectivity index (χ4v) is 4.26. The van der Waals surface area contributed by atoms with E-state index in [2.05, 4.69) is 0 Å². The van der Waals surface area contributed by atoms with E-state index in [4.69, 9.17) is 10.5 Å². The molecule has 1 aliphatic rings. The van der Waals surface area contributed by atoms with E-state index in [0.29, 0.717) is 22.7 Å². The fourth-order valence-electron chi connectivity index (χ4n) is 4.26. The number of carbonyl (C=O) groups excluding carboxylic acids is 1. The summed E-state index contributed by atoms with van der Waals surface area (Å²) >= 11 is 0. The molecule has 160 valence electrons. The second-order valence-corrected chi connectivity index (χ2v) is 8.31. The molecule has 0 radical (unpaired) electrons. The summed E-state index contributed by atoms with van der Waals surface area (Å²) in [6.07, 6.45) is 1.97. The minimum atomic E-state index is -0.685. The van der Waals surface area contributed by atoms with Gasteiger partial charge in [-0.15, -0.1) is 0 Å². The normalized spacial score (nSPS) is 13.5. The molecule has 1 fully saturated rings. The lowest BCUT2D eigenvalue weighted by molar-refractivity contribution is 0.1000. The maximum absolute atomic E-state index is 16.2. The van der Waals surface area contributed by atoms with Gasteiger partial charge in [0, 0.05) is 18.7 Å². The minimum Gasteiger partial charge on any atom is -0.455 e. The number of nitrogens with zero attached hydrogens (tertiary/aromatic N) is 1. The Morgan fingerprint density at radius 1 is 0.935 bits per heavy atom. The van der Waals surface area contributed by atoms with Gasteiger partial charge in [-0.25, -0.2) is 4.39 Å². The predicted octanol–water partition coefficient (Wildman–Crippen LogP) is 5.91. The second-order valence-electron chi connectivity index (χ2n) is 8.31. The summed E-state index contributed by atoms with van der Waals surface area (Å²) < 4.78 is 22.3. The number of rotatable bonds is 5. The van der Waals surface area contributed by atoms with E-state index in [0.717, 1.165) is 42.6 Å². The first-order chi connectivity index (χ1) is 14.8. The molecule has 1 aliphatic heterocycles. The van der Waals surface area contributed by atoms with Crippen LogP contribution in [0.5, 0.6) is 11.5 Å². The molecule has 1 amide bonds. The third-order valence-corrected chi connectivity index (χ3v) is 5.65. The van der Waals surface area contributed by atoms with Gasteiger partial charge in [0.25, 0.3) is 0 Å². The fraction of sp³-hybridized carbons (Fsp3) is 0.269. The molecular weight excluding hydrogens is 391 g/mol. The van der Waals surface area contributed by atoms with E-state index in [1.807, 2.05) is 68.1 Å². The zero-order valence-corrected chi connectivity index (χ0v) is 18.2. The Morgan fingerprint density at radius 2 is 1.55 bits per heavy atom. The highest BCUT2D eigenvalue weighted by atomic mass is 19.1. The second kappa shape index (κ2) is 8.42. The Hall–Kier alpha value is -3.34. The largest absolute Gasteiger partial charge is 0.455 e. The van der Waals surface area contributed by atoms with Gasteiger partial charge in [-0.2, -0.15) is 0 Å². The molecule has 0 atom stereocenters. The van der Waals surface area contributed by atoms with Crippen molar-refractivity contribution in [3.8, 4) is 22.6 Å². The van der Waals surface area contributed by atoms with Crippen molar-refractivity contribution in [2.45, 2.75) is 33.6 Å². The van der Waals surface area contributed by atoms with Crippen LogP contribution in [-0.2, 0) is 0 Å². The Bertz CT molecular complexity index is 1110. The number of aryl methyl sites for hydroxylation is 3. The van der Waals surface area contributed by atoms with E-state index >= 15 is 4.39 Å². The zero-order chi connectivity index (χ0) is 22.1. The topological polar surface area (TPSA) is 55.6 Å². The van der Waals surface area contributed by atoms with Gasteiger partial charge in [-0.05, 0) is 57.4 Å². The molecule has 1 heterocycles. The van der Waals surface area contributed by atoms with Crippen molar-refractivity contribution < 1.29 is 13.9 Å². The molecule has 3 aromatic carbocycles. The lowest BCUT2D eigenvalue weighted by Gasteiger charge is -2.25. The van der Waals surface area contributed by atoms with Crippen molar-refractivity contribution >= 4 is 11.6 Å². The molecule has 3 aromatic rings. The molecule has 0 saturated carbocycles. The summed E-state index contributed by atoms with van der Waals surface area (Å²) in [7, 11) is 0. The summed E-state index contributed by atoms with van der Waals surface area (Å²) in [6, 6.07) is 14.9. The van der Waals surface area contributed by atoms with Crippen molar-refractivity contribution in [1.29, 1.82) is 0 Å². The maximum Gasteiger partial charge on any atom is 0.249 e.